The minimum Gasteiger partial charge on any atom is -0.371 e. The van der Waals surface area contributed by atoms with Gasteiger partial charge in [0.25, 0.3) is 0 Å². The second-order valence-corrected chi connectivity index (χ2v) is 7.41. The zero-order valence-electron chi connectivity index (χ0n) is 15.7. The quantitative estimate of drug-likeness (QED) is 0.503. The van der Waals surface area contributed by atoms with Crippen molar-refractivity contribution in [3.05, 3.63) is 72.2 Å². The molecule has 0 unspecified atom stereocenters. The van der Waals surface area contributed by atoms with Gasteiger partial charge in [0.2, 0.25) is 0 Å². The van der Waals surface area contributed by atoms with E-state index in [9.17, 15) is 4.79 Å². The van der Waals surface area contributed by atoms with Crippen molar-refractivity contribution in [2.24, 2.45) is 0 Å². The van der Waals surface area contributed by atoms with Crippen LogP contribution in [0.3, 0.4) is 0 Å². The highest BCUT2D eigenvalue weighted by Crippen LogP contribution is 2.30. The van der Waals surface area contributed by atoms with Crippen LogP contribution in [0.2, 0.25) is 0 Å². The number of Topliss-reactive ketones (excluding diaryl/α,β-unsaturated/α-hetero) is 1. The van der Waals surface area contributed by atoms with E-state index in [2.05, 4.69) is 33.2 Å². The first-order valence-corrected chi connectivity index (χ1v) is 9.88. The average Bonchev–Trinajstić information content (AvgIpc) is 3.18. The molecular weight excluding hydrogens is 348 g/mol. The number of nitrogens with zero attached hydrogens (tertiary/aromatic N) is 4. The first-order valence-electron chi connectivity index (χ1n) is 9.88. The van der Waals surface area contributed by atoms with Crippen LogP contribution in [0.4, 0.5) is 5.69 Å². The van der Waals surface area contributed by atoms with Crippen LogP contribution in [0.25, 0.3) is 16.4 Å². The fourth-order valence-electron chi connectivity index (χ4n) is 4.14. The van der Waals surface area contributed by atoms with Crippen LogP contribution in [0.1, 0.15) is 35.2 Å². The maximum atomic E-state index is 13.2. The Balaban J connectivity index is 1.55. The van der Waals surface area contributed by atoms with Gasteiger partial charge in [0, 0.05) is 43.0 Å². The van der Waals surface area contributed by atoms with Gasteiger partial charge in [0.15, 0.2) is 5.78 Å². The van der Waals surface area contributed by atoms with Gasteiger partial charge in [0.1, 0.15) is 0 Å². The molecule has 5 heteroatoms. The first kappa shape index (κ1) is 16.9. The summed E-state index contributed by atoms with van der Waals surface area (Å²) in [7, 11) is 0. The summed E-state index contributed by atoms with van der Waals surface area (Å²) >= 11 is 0. The van der Waals surface area contributed by atoms with Crippen LogP contribution in [-0.2, 0) is 6.42 Å². The van der Waals surface area contributed by atoms with E-state index in [1.54, 1.807) is 10.7 Å². The molecule has 1 aromatic carbocycles. The fraction of sp³-hybridized carbons (Fsp3) is 0.261. The number of benzene rings is 1. The zero-order chi connectivity index (χ0) is 18.9. The summed E-state index contributed by atoms with van der Waals surface area (Å²) in [6, 6.07) is 14.1. The molecule has 5 nitrogen and oxygen atoms in total. The highest BCUT2D eigenvalue weighted by Gasteiger charge is 2.20. The van der Waals surface area contributed by atoms with Gasteiger partial charge < -0.3 is 4.90 Å². The number of aromatic nitrogens is 3. The number of pyridine rings is 2. The van der Waals surface area contributed by atoms with Crippen molar-refractivity contribution in [2.75, 3.05) is 18.0 Å². The highest BCUT2D eigenvalue weighted by molar-refractivity contribution is 6.04. The third kappa shape index (κ3) is 3.03. The molecule has 1 aliphatic rings. The minimum absolute atomic E-state index is 0.0997. The molecule has 1 saturated heterocycles. The molecule has 140 valence electrons. The summed E-state index contributed by atoms with van der Waals surface area (Å²) in [5, 5.41) is 5.39. The molecule has 1 aliphatic heterocycles. The van der Waals surface area contributed by atoms with E-state index >= 15 is 0 Å². The Morgan fingerprint density at radius 1 is 1.04 bits per heavy atom. The Labute approximate surface area is 163 Å². The lowest BCUT2D eigenvalue weighted by atomic mass is 9.98. The lowest BCUT2D eigenvalue weighted by Gasteiger charge is -2.31. The second-order valence-electron chi connectivity index (χ2n) is 7.41. The third-order valence-electron chi connectivity index (χ3n) is 5.58. The maximum absolute atomic E-state index is 13.2. The molecule has 3 aromatic heterocycles. The molecule has 0 radical (unpaired) electrons. The molecule has 0 spiro atoms. The topological polar surface area (TPSA) is 50.5 Å². The molecule has 0 bridgehead atoms. The van der Waals surface area contributed by atoms with E-state index in [1.807, 2.05) is 36.7 Å². The van der Waals surface area contributed by atoms with E-state index in [-0.39, 0.29) is 5.78 Å². The summed E-state index contributed by atoms with van der Waals surface area (Å²) < 4.78 is 1.75. The van der Waals surface area contributed by atoms with Gasteiger partial charge in [-0.25, -0.2) is 4.52 Å². The minimum atomic E-state index is 0.0997. The van der Waals surface area contributed by atoms with Crippen LogP contribution in [-0.4, -0.2) is 33.5 Å². The molecule has 0 atom stereocenters. The van der Waals surface area contributed by atoms with Crippen molar-refractivity contribution in [1.82, 2.24) is 14.6 Å². The molecule has 4 aromatic rings. The van der Waals surface area contributed by atoms with E-state index in [0.717, 1.165) is 40.8 Å². The number of anilines is 1. The van der Waals surface area contributed by atoms with Gasteiger partial charge in [-0.15, -0.1) is 0 Å². The molecule has 1 fully saturated rings. The van der Waals surface area contributed by atoms with Crippen molar-refractivity contribution < 1.29 is 4.79 Å². The van der Waals surface area contributed by atoms with Crippen molar-refractivity contribution in [3.63, 3.8) is 0 Å². The fourth-order valence-corrected chi connectivity index (χ4v) is 4.14. The van der Waals surface area contributed by atoms with Gasteiger partial charge in [-0.1, -0.05) is 12.1 Å². The largest absolute Gasteiger partial charge is 0.371 e. The number of fused-ring (bicyclic) bond motifs is 2. The Morgan fingerprint density at radius 3 is 2.82 bits per heavy atom. The number of carbonyl (C=O) groups excluding carboxylic acids is 1. The molecular formula is C23H22N4O. The number of piperidine rings is 1. The average molecular weight is 370 g/mol. The molecule has 4 heterocycles. The zero-order valence-corrected chi connectivity index (χ0v) is 15.7. The van der Waals surface area contributed by atoms with Crippen LogP contribution in [0.15, 0.2) is 61.1 Å². The van der Waals surface area contributed by atoms with Gasteiger partial charge in [-0.05, 0) is 55.2 Å². The van der Waals surface area contributed by atoms with Gasteiger partial charge in [0.05, 0.1) is 22.8 Å². The van der Waals surface area contributed by atoms with Crippen molar-refractivity contribution in [1.29, 1.82) is 0 Å². The van der Waals surface area contributed by atoms with E-state index in [1.165, 1.54) is 19.3 Å². The molecule has 0 saturated carbocycles. The Hall–Kier alpha value is -3.21. The van der Waals surface area contributed by atoms with Crippen LogP contribution in [0, 0.1) is 0 Å². The summed E-state index contributed by atoms with van der Waals surface area (Å²) in [4.78, 5) is 20.1. The molecule has 0 N–H and O–H groups in total. The van der Waals surface area contributed by atoms with E-state index in [4.69, 9.17) is 0 Å². The summed E-state index contributed by atoms with van der Waals surface area (Å²) in [5.41, 5.74) is 4.74. The number of rotatable bonds is 4. The SMILES string of the molecule is O=C(Cc1cc2cccnc2cc1N1CCCCC1)c1cnn2ccccc12. The monoisotopic (exact) mass is 370 g/mol. The van der Waals surface area contributed by atoms with Crippen molar-refractivity contribution in [3.8, 4) is 0 Å². The lowest BCUT2D eigenvalue weighted by molar-refractivity contribution is 0.0994. The first-order chi connectivity index (χ1) is 13.8. The molecule has 28 heavy (non-hydrogen) atoms. The lowest BCUT2D eigenvalue weighted by Crippen LogP contribution is -2.30. The summed E-state index contributed by atoms with van der Waals surface area (Å²) in [5.74, 6) is 0.0997. The number of carbonyl (C=O) groups is 1. The Morgan fingerprint density at radius 2 is 1.93 bits per heavy atom. The number of ketones is 1. The third-order valence-corrected chi connectivity index (χ3v) is 5.58. The molecule has 0 amide bonds. The normalized spacial score (nSPS) is 14.6. The van der Waals surface area contributed by atoms with Crippen LogP contribution >= 0.6 is 0 Å². The van der Waals surface area contributed by atoms with E-state index in [0.29, 0.717) is 12.0 Å². The number of hydrogen-bond donors (Lipinski definition) is 0. The molecule has 5 rings (SSSR count). The Kier molecular flexibility index (Phi) is 4.28. The predicted octanol–water partition coefficient (Wildman–Crippen LogP) is 4.30. The summed E-state index contributed by atoms with van der Waals surface area (Å²) in [6.45, 7) is 2.08. The maximum Gasteiger partial charge on any atom is 0.171 e. The van der Waals surface area contributed by atoms with E-state index < -0.39 is 0 Å². The molecule has 0 aliphatic carbocycles. The highest BCUT2D eigenvalue weighted by atomic mass is 16.1. The van der Waals surface area contributed by atoms with Crippen LogP contribution in [0.5, 0.6) is 0 Å². The standard InChI is InChI=1S/C23H22N4O/c28-23(19-16-25-27-12-5-2-8-21(19)27)14-18-13-17-7-6-9-24-20(17)15-22(18)26-10-3-1-4-11-26/h2,5-9,12-13,15-16H,1,3-4,10-11,14H2. The summed E-state index contributed by atoms with van der Waals surface area (Å²) in [6.07, 6.45) is 9.41. The predicted molar refractivity (Wildman–Crippen MR) is 111 cm³/mol. The van der Waals surface area contributed by atoms with Gasteiger partial charge >= 0.3 is 0 Å². The Bertz CT molecular complexity index is 1160. The second kappa shape index (κ2) is 7.08. The smallest absolute Gasteiger partial charge is 0.171 e. The van der Waals surface area contributed by atoms with Gasteiger partial charge in [-0.2, -0.15) is 5.10 Å². The van der Waals surface area contributed by atoms with Crippen molar-refractivity contribution >= 4 is 27.9 Å². The van der Waals surface area contributed by atoms with Crippen LogP contribution < -0.4 is 4.90 Å². The van der Waals surface area contributed by atoms with Gasteiger partial charge in [-0.3, -0.25) is 9.78 Å². The van der Waals surface area contributed by atoms with Crippen molar-refractivity contribution in [2.45, 2.75) is 25.7 Å². The number of hydrogen-bond acceptors (Lipinski definition) is 4.